The van der Waals surface area contributed by atoms with Gasteiger partial charge in [0.1, 0.15) is 11.6 Å². The highest BCUT2D eigenvalue weighted by atomic mass is 32.2. The Labute approximate surface area is 200 Å². The van der Waals surface area contributed by atoms with E-state index in [1.54, 1.807) is 6.92 Å². The van der Waals surface area contributed by atoms with E-state index in [4.69, 9.17) is 4.42 Å². The van der Waals surface area contributed by atoms with E-state index in [9.17, 15) is 22.0 Å². The normalized spacial score (nSPS) is 11.5. The molecule has 0 bridgehead atoms. The number of anilines is 1. The largest absolute Gasteiger partial charge is 0.403 e. The molecule has 0 aliphatic rings. The fourth-order valence-corrected chi connectivity index (χ4v) is 4.73. The van der Waals surface area contributed by atoms with Crippen molar-refractivity contribution in [2.75, 3.05) is 11.9 Å². The van der Waals surface area contributed by atoms with Crippen molar-refractivity contribution in [3.63, 3.8) is 0 Å². The Balaban J connectivity index is 1.46. The zero-order chi connectivity index (χ0) is 25.0. The minimum atomic E-state index is -3.79. The van der Waals surface area contributed by atoms with E-state index in [1.165, 1.54) is 28.6 Å². The van der Waals surface area contributed by atoms with Gasteiger partial charge in [-0.05, 0) is 42.0 Å². The second kappa shape index (κ2) is 10.1. The van der Waals surface area contributed by atoms with Crippen molar-refractivity contribution in [2.24, 2.45) is 0 Å². The predicted octanol–water partition coefficient (Wildman–Crippen LogP) is 4.48. The summed E-state index contributed by atoms with van der Waals surface area (Å²) in [5.74, 6) is -2.53. The summed E-state index contributed by atoms with van der Waals surface area (Å²) in [6.45, 7) is 2.24. The summed E-state index contributed by atoms with van der Waals surface area (Å²) >= 11 is 0. The lowest BCUT2D eigenvalue weighted by atomic mass is 10.2. The van der Waals surface area contributed by atoms with E-state index < -0.39 is 27.6 Å². The topological polar surface area (TPSA) is 105 Å². The maximum Gasteiger partial charge on any atom is 0.322 e. The van der Waals surface area contributed by atoms with Crippen molar-refractivity contribution in [2.45, 2.75) is 18.4 Å². The number of nitrogens with zero attached hydrogens (tertiary/aromatic N) is 3. The number of rotatable bonds is 8. The van der Waals surface area contributed by atoms with Crippen molar-refractivity contribution in [3.8, 4) is 11.5 Å². The Bertz CT molecular complexity index is 1440. The van der Waals surface area contributed by atoms with Crippen LogP contribution < -0.4 is 5.32 Å². The summed E-state index contributed by atoms with van der Waals surface area (Å²) in [4.78, 5) is 12.6. The van der Waals surface area contributed by atoms with Crippen LogP contribution in [0.25, 0.3) is 11.5 Å². The molecule has 0 aliphatic carbocycles. The van der Waals surface area contributed by atoms with Gasteiger partial charge in [-0.2, -0.15) is 4.31 Å². The van der Waals surface area contributed by atoms with Crippen LogP contribution >= 0.6 is 0 Å². The number of halogens is 2. The van der Waals surface area contributed by atoms with E-state index in [2.05, 4.69) is 15.5 Å². The molecule has 0 saturated carbocycles. The van der Waals surface area contributed by atoms with Crippen molar-refractivity contribution < 1.29 is 26.4 Å². The van der Waals surface area contributed by atoms with Crippen molar-refractivity contribution >= 4 is 21.9 Å². The third kappa shape index (κ3) is 5.42. The van der Waals surface area contributed by atoms with Crippen LogP contribution in [-0.4, -0.2) is 35.4 Å². The maximum absolute atomic E-state index is 13.9. The Kier molecular flexibility index (Phi) is 6.99. The number of hydrogen-bond acceptors (Lipinski definition) is 6. The molecule has 0 radical (unpaired) electrons. The first-order valence-electron chi connectivity index (χ1n) is 10.5. The monoisotopic (exact) mass is 498 g/mol. The van der Waals surface area contributed by atoms with Crippen LogP contribution in [0, 0.1) is 11.6 Å². The molecule has 4 aromatic rings. The number of carbonyl (C=O) groups is 1. The number of benzene rings is 3. The van der Waals surface area contributed by atoms with Gasteiger partial charge < -0.3 is 4.42 Å². The van der Waals surface area contributed by atoms with Crippen LogP contribution in [0.2, 0.25) is 0 Å². The highest BCUT2D eigenvalue weighted by molar-refractivity contribution is 7.89. The third-order valence-corrected chi connectivity index (χ3v) is 7.05. The maximum atomic E-state index is 13.9. The molecule has 0 spiro atoms. The first kappa shape index (κ1) is 24.2. The Morgan fingerprint density at radius 3 is 2.37 bits per heavy atom. The van der Waals surface area contributed by atoms with Crippen LogP contribution in [-0.2, 0) is 16.6 Å². The second-order valence-corrected chi connectivity index (χ2v) is 9.37. The molecule has 180 valence electrons. The molecule has 4 rings (SSSR count). The molecule has 0 saturated heterocycles. The molecule has 1 heterocycles. The molecule has 1 amide bonds. The number of amides is 1. The van der Waals surface area contributed by atoms with Gasteiger partial charge in [-0.1, -0.05) is 42.4 Å². The molecular weight excluding hydrogens is 478 g/mol. The number of sulfonamides is 1. The van der Waals surface area contributed by atoms with Crippen molar-refractivity contribution in [1.29, 1.82) is 0 Å². The summed E-state index contributed by atoms with van der Waals surface area (Å²) in [6.07, 6.45) is 0. The molecule has 0 aliphatic heterocycles. The van der Waals surface area contributed by atoms with Gasteiger partial charge in [0.15, 0.2) is 0 Å². The molecular formula is C24H20F2N4O4S. The number of carbonyl (C=O) groups excluding carboxylic acids is 1. The predicted molar refractivity (Wildman–Crippen MR) is 124 cm³/mol. The highest BCUT2D eigenvalue weighted by Crippen LogP contribution is 2.24. The minimum absolute atomic E-state index is 0.0405. The van der Waals surface area contributed by atoms with Gasteiger partial charge in [0.25, 0.3) is 11.8 Å². The molecule has 0 unspecified atom stereocenters. The summed E-state index contributed by atoms with van der Waals surface area (Å²) in [6, 6.07) is 17.2. The smallest absolute Gasteiger partial charge is 0.322 e. The molecule has 3 aromatic carbocycles. The third-order valence-electron chi connectivity index (χ3n) is 5.12. The molecule has 1 N–H and O–H groups in total. The summed E-state index contributed by atoms with van der Waals surface area (Å²) in [5, 5.41) is 9.66. The van der Waals surface area contributed by atoms with E-state index in [1.807, 2.05) is 30.3 Å². The SMILES string of the molecule is CCN(Cc1ccccc1)S(=O)(=O)c1ccc(C(=O)Nc2nnc(-c3ccc(F)cc3F)o2)cc1. The first-order valence-corrected chi connectivity index (χ1v) is 12.0. The molecule has 35 heavy (non-hydrogen) atoms. The minimum Gasteiger partial charge on any atom is -0.403 e. The Morgan fingerprint density at radius 2 is 1.71 bits per heavy atom. The van der Waals surface area contributed by atoms with Crippen molar-refractivity contribution in [3.05, 3.63) is 95.6 Å². The van der Waals surface area contributed by atoms with Crippen LogP contribution in [0.5, 0.6) is 0 Å². The zero-order valence-corrected chi connectivity index (χ0v) is 19.3. The molecule has 0 fully saturated rings. The number of aromatic nitrogens is 2. The van der Waals surface area contributed by atoms with E-state index in [0.717, 1.165) is 17.7 Å². The highest BCUT2D eigenvalue weighted by Gasteiger charge is 2.24. The van der Waals surface area contributed by atoms with Crippen LogP contribution in [0.1, 0.15) is 22.8 Å². The zero-order valence-electron chi connectivity index (χ0n) is 18.5. The van der Waals surface area contributed by atoms with Crippen LogP contribution in [0.4, 0.5) is 14.8 Å². The van der Waals surface area contributed by atoms with Gasteiger partial charge in [0.2, 0.25) is 10.0 Å². The van der Waals surface area contributed by atoms with E-state index in [0.29, 0.717) is 6.07 Å². The summed E-state index contributed by atoms with van der Waals surface area (Å²) in [7, 11) is -3.79. The quantitative estimate of drug-likeness (QED) is 0.384. The van der Waals surface area contributed by atoms with Gasteiger partial charge in [0.05, 0.1) is 10.5 Å². The van der Waals surface area contributed by atoms with Crippen LogP contribution in [0.15, 0.2) is 82.1 Å². The Hall–Kier alpha value is -3.96. The van der Waals surface area contributed by atoms with Crippen LogP contribution in [0.3, 0.4) is 0 Å². The summed E-state index contributed by atoms with van der Waals surface area (Å²) < 4.78 is 59.7. The lowest BCUT2D eigenvalue weighted by molar-refractivity contribution is 0.102. The van der Waals surface area contributed by atoms with E-state index >= 15 is 0 Å². The number of hydrogen-bond donors (Lipinski definition) is 1. The molecule has 0 atom stereocenters. The number of nitrogens with one attached hydrogen (secondary N) is 1. The molecule has 1 aromatic heterocycles. The van der Waals surface area contributed by atoms with Gasteiger partial charge in [-0.25, -0.2) is 17.2 Å². The van der Waals surface area contributed by atoms with Gasteiger partial charge >= 0.3 is 6.01 Å². The van der Waals surface area contributed by atoms with Gasteiger partial charge in [-0.15, -0.1) is 5.10 Å². The van der Waals surface area contributed by atoms with E-state index in [-0.39, 0.29) is 41.0 Å². The first-order chi connectivity index (χ1) is 16.8. The molecule has 8 nitrogen and oxygen atoms in total. The van der Waals surface area contributed by atoms with Gasteiger partial charge in [-0.3, -0.25) is 10.1 Å². The fourth-order valence-electron chi connectivity index (χ4n) is 3.30. The van der Waals surface area contributed by atoms with Gasteiger partial charge in [0, 0.05) is 24.7 Å². The lowest BCUT2D eigenvalue weighted by Crippen LogP contribution is -2.30. The Morgan fingerprint density at radius 1 is 1.00 bits per heavy atom. The fraction of sp³-hybridized carbons (Fsp3) is 0.125. The lowest BCUT2D eigenvalue weighted by Gasteiger charge is -2.20. The molecule has 11 heteroatoms. The average Bonchev–Trinajstić information content (AvgIpc) is 3.31. The standard InChI is InChI=1S/C24H20F2N4O4S/c1-2-30(15-16-6-4-3-5-7-16)35(32,33)19-11-8-17(9-12-19)22(31)27-24-29-28-23(34-24)20-13-10-18(25)14-21(20)26/h3-14H,2,15H2,1H3,(H,27,29,31). The van der Waals surface area contributed by atoms with Crippen molar-refractivity contribution in [1.82, 2.24) is 14.5 Å². The average molecular weight is 499 g/mol. The summed E-state index contributed by atoms with van der Waals surface area (Å²) in [5.41, 5.74) is 0.876. The second-order valence-electron chi connectivity index (χ2n) is 7.43.